The van der Waals surface area contributed by atoms with Crippen molar-refractivity contribution in [2.45, 2.75) is 32.7 Å². The Hall–Kier alpha value is -3.72. The van der Waals surface area contributed by atoms with Crippen LogP contribution in [-0.4, -0.2) is 65.7 Å². The summed E-state index contributed by atoms with van der Waals surface area (Å²) in [5.41, 5.74) is 3.17. The zero-order valence-corrected chi connectivity index (χ0v) is 21.0. The molecule has 0 amide bonds. The highest BCUT2D eigenvalue weighted by Gasteiger charge is 2.24. The predicted octanol–water partition coefficient (Wildman–Crippen LogP) is 2.80. The standard InChI is InChI=1S/C27H32N6O3/c1-17(2)31-24-23(25(34)26(24)35)18-6-7-21-20(13-18)19(14-29-21)5-4-8-32-9-11-33(12-10-32)27-22(36-3)15-28-16-30-27/h6-7,13-17,29,31H,4-5,8-12H2,1-3H3. The number of aryl methyl sites for hydroxylation is 1. The molecule has 4 aromatic rings. The van der Waals surface area contributed by atoms with Gasteiger partial charge in [-0.05, 0) is 56.5 Å². The molecule has 36 heavy (non-hydrogen) atoms. The molecule has 1 aliphatic heterocycles. The Bertz CT molecular complexity index is 1430. The molecule has 0 bridgehead atoms. The van der Waals surface area contributed by atoms with Gasteiger partial charge in [-0.3, -0.25) is 14.5 Å². The SMILES string of the molecule is COc1cncnc1N1CCN(CCCc2c[nH]c3ccc(-c4c(NC(C)C)c(=O)c4=O)cc23)CC1. The maximum atomic E-state index is 12.3. The molecular formula is C27H32N6O3. The van der Waals surface area contributed by atoms with Crippen LogP contribution in [0.15, 0.2) is 46.5 Å². The Morgan fingerprint density at radius 1 is 1.14 bits per heavy atom. The highest BCUT2D eigenvalue weighted by Crippen LogP contribution is 2.30. The minimum Gasteiger partial charge on any atom is -0.491 e. The Morgan fingerprint density at radius 2 is 1.94 bits per heavy atom. The summed E-state index contributed by atoms with van der Waals surface area (Å²) in [5, 5.41) is 4.24. The monoisotopic (exact) mass is 488 g/mol. The molecule has 0 atom stereocenters. The Balaban J connectivity index is 1.21. The van der Waals surface area contributed by atoms with Crippen LogP contribution in [-0.2, 0) is 6.42 Å². The molecule has 0 spiro atoms. The van der Waals surface area contributed by atoms with Gasteiger partial charge >= 0.3 is 0 Å². The van der Waals surface area contributed by atoms with Gasteiger partial charge in [0.25, 0.3) is 0 Å². The van der Waals surface area contributed by atoms with Crippen molar-refractivity contribution in [2.75, 3.05) is 50.1 Å². The topological polar surface area (TPSA) is 103 Å². The van der Waals surface area contributed by atoms with Gasteiger partial charge in [-0.25, -0.2) is 9.97 Å². The van der Waals surface area contributed by atoms with Crippen LogP contribution in [0.25, 0.3) is 22.0 Å². The van der Waals surface area contributed by atoms with Gasteiger partial charge in [0.05, 0.1) is 24.6 Å². The summed E-state index contributed by atoms with van der Waals surface area (Å²) in [7, 11) is 1.65. The van der Waals surface area contributed by atoms with E-state index in [1.807, 2.05) is 32.0 Å². The van der Waals surface area contributed by atoms with Crippen LogP contribution in [0.2, 0.25) is 0 Å². The molecule has 0 unspecified atom stereocenters. The molecule has 1 saturated heterocycles. The van der Waals surface area contributed by atoms with Crippen molar-refractivity contribution in [3.8, 4) is 16.9 Å². The van der Waals surface area contributed by atoms with E-state index in [9.17, 15) is 9.59 Å². The van der Waals surface area contributed by atoms with E-state index in [2.05, 4.69) is 36.3 Å². The Labute approximate surface area is 209 Å². The molecule has 2 aromatic heterocycles. The van der Waals surface area contributed by atoms with Gasteiger partial charge < -0.3 is 19.9 Å². The first kappa shape index (κ1) is 24.0. The number of rotatable bonds is 9. The summed E-state index contributed by atoms with van der Waals surface area (Å²) < 4.78 is 5.41. The van der Waals surface area contributed by atoms with E-state index in [0.717, 1.165) is 67.8 Å². The highest BCUT2D eigenvalue weighted by molar-refractivity contribution is 5.91. The number of aromatic nitrogens is 3. The normalized spacial score (nSPS) is 14.7. The number of H-pyrrole nitrogens is 1. The van der Waals surface area contributed by atoms with Crippen molar-refractivity contribution in [1.29, 1.82) is 0 Å². The Kier molecular flexibility index (Phi) is 6.73. The minimum absolute atomic E-state index is 0.0865. The lowest BCUT2D eigenvalue weighted by atomic mass is 9.96. The number of piperazine rings is 1. The summed E-state index contributed by atoms with van der Waals surface area (Å²) in [6.45, 7) is 8.68. The third-order valence-electron chi connectivity index (χ3n) is 6.87. The van der Waals surface area contributed by atoms with E-state index < -0.39 is 10.9 Å². The Morgan fingerprint density at radius 3 is 2.69 bits per heavy atom. The first-order valence-corrected chi connectivity index (χ1v) is 12.5. The molecule has 9 heteroatoms. The largest absolute Gasteiger partial charge is 0.491 e. The second kappa shape index (κ2) is 10.1. The molecule has 2 aromatic carbocycles. The molecule has 0 radical (unpaired) electrons. The van der Waals surface area contributed by atoms with Crippen LogP contribution in [0.1, 0.15) is 25.8 Å². The van der Waals surface area contributed by atoms with Gasteiger partial charge in [-0.15, -0.1) is 0 Å². The number of benzene rings is 1. The molecule has 5 rings (SSSR count). The van der Waals surface area contributed by atoms with E-state index in [0.29, 0.717) is 17.0 Å². The van der Waals surface area contributed by atoms with Crippen LogP contribution < -0.4 is 25.8 Å². The number of hydrogen-bond donors (Lipinski definition) is 2. The number of nitrogens with one attached hydrogen (secondary N) is 2. The quantitative estimate of drug-likeness (QED) is 0.347. The summed E-state index contributed by atoms with van der Waals surface area (Å²) >= 11 is 0. The van der Waals surface area contributed by atoms with Crippen molar-refractivity contribution >= 4 is 22.4 Å². The maximum Gasteiger partial charge on any atom is 0.250 e. The smallest absolute Gasteiger partial charge is 0.250 e. The minimum atomic E-state index is -0.425. The molecule has 1 fully saturated rings. The van der Waals surface area contributed by atoms with Crippen molar-refractivity contribution in [1.82, 2.24) is 19.9 Å². The first-order chi connectivity index (χ1) is 17.5. The fourth-order valence-electron chi connectivity index (χ4n) is 5.00. The first-order valence-electron chi connectivity index (χ1n) is 12.5. The molecule has 3 heterocycles. The van der Waals surface area contributed by atoms with E-state index in [1.165, 1.54) is 5.56 Å². The van der Waals surface area contributed by atoms with Crippen LogP contribution in [0, 0.1) is 0 Å². The second-order valence-corrected chi connectivity index (χ2v) is 9.63. The molecule has 9 nitrogen and oxygen atoms in total. The molecule has 1 aliphatic rings. The van der Waals surface area contributed by atoms with Gasteiger partial charge in [-0.2, -0.15) is 0 Å². The van der Waals surface area contributed by atoms with Crippen molar-refractivity contribution < 1.29 is 4.74 Å². The van der Waals surface area contributed by atoms with Gasteiger partial charge in [0, 0.05) is 49.3 Å². The number of nitrogens with zero attached hydrogens (tertiary/aromatic N) is 4. The van der Waals surface area contributed by atoms with Crippen molar-refractivity contribution in [2.24, 2.45) is 0 Å². The van der Waals surface area contributed by atoms with Crippen LogP contribution in [0.5, 0.6) is 5.75 Å². The number of aromatic amines is 1. The van der Waals surface area contributed by atoms with E-state index in [-0.39, 0.29) is 6.04 Å². The average molecular weight is 489 g/mol. The summed E-state index contributed by atoms with van der Waals surface area (Å²) in [6.07, 6.45) is 7.30. The number of methoxy groups -OCH3 is 1. The maximum absolute atomic E-state index is 12.3. The fourth-order valence-corrected chi connectivity index (χ4v) is 5.00. The summed E-state index contributed by atoms with van der Waals surface area (Å²) in [5.74, 6) is 1.57. The fraction of sp³-hybridized carbons (Fsp3) is 0.407. The van der Waals surface area contributed by atoms with Gasteiger partial charge in [0.1, 0.15) is 6.33 Å². The summed E-state index contributed by atoms with van der Waals surface area (Å²) in [4.78, 5) is 41.0. The lowest BCUT2D eigenvalue weighted by molar-refractivity contribution is 0.253. The van der Waals surface area contributed by atoms with Crippen LogP contribution >= 0.6 is 0 Å². The number of hydrogen-bond acceptors (Lipinski definition) is 8. The van der Waals surface area contributed by atoms with Gasteiger partial charge in [0.2, 0.25) is 10.9 Å². The van der Waals surface area contributed by atoms with Crippen molar-refractivity contribution in [3.05, 3.63) is 62.9 Å². The van der Waals surface area contributed by atoms with E-state index in [4.69, 9.17) is 4.74 Å². The van der Waals surface area contributed by atoms with E-state index in [1.54, 1.807) is 19.6 Å². The molecule has 2 N–H and O–H groups in total. The molecule has 0 saturated carbocycles. The van der Waals surface area contributed by atoms with Crippen molar-refractivity contribution in [3.63, 3.8) is 0 Å². The molecule has 188 valence electrons. The number of ether oxygens (including phenoxy) is 1. The molecular weight excluding hydrogens is 456 g/mol. The zero-order valence-electron chi connectivity index (χ0n) is 21.0. The van der Waals surface area contributed by atoms with Crippen LogP contribution in [0.4, 0.5) is 11.5 Å². The lowest BCUT2D eigenvalue weighted by Crippen LogP contribution is -2.47. The van der Waals surface area contributed by atoms with E-state index >= 15 is 0 Å². The third-order valence-corrected chi connectivity index (χ3v) is 6.87. The predicted molar refractivity (Wildman–Crippen MR) is 143 cm³/mol. The third kappa shape index (κ3) is 4.58. The lowest BCUT2D eigenvalue weighted by Gasteiger charge is -2.35. The number of anilines is 2. The zero-order chi connectivity index (χ0) is 25.2. The molecule has 0 aliphatic carbocycles. The highest BCUT2D eigenvalue weighted by atomic mass is 16.5. The summed E-state index contributed by atoms with van der Waals surface area (Å²) in [6, 6.07) is 6.03. The second-order valence-electron chi connectivity index (χ2n) is 9.63. The van der Waals surface area contributed by atoms with Crippen LogP contribution in [0.3, 0.4) is 0 Å². The van der Waals surface area contributed by atoms with Gasteiger partial charge in [0.15, 0.2) is 11.6 Å². The van der Waals surface area contributed by atoms with Gasteiger partial charge in [-0.1, -0.05) is 6.07 Å². The number of fused-ring (bicyclic) bond motifs is 1. The average Bonchev–Trinajstić information content (AvgIpc) is 3.30.